The fourth-order valence-electron chi connectivity index (χ4n) is 11.8. The van der Waals surface area contributed by atoms with Crippen LogP contribution in [-0.2, 0) is 81.6 Å². The van der Waals surface area contributed by atoms with Crippen molar-refractivity contribution in [3.8, 4) is 0 Å². The monoisotopic (exact) mass is 1360 g/mol. The average Bonchev–Trinajstić information content (AvgIpc) is 1.78. The van der Waals surface area contributed by atoms with E-state index in [1.807, 2.05) is 56.3 Å². The van der Waals surface area contributed by atoms with Gasteiger partial charge in [-0.25, -0.2) is 9.79 Å². The zero-order chi connectivity index (χ0) is 71.3. The van der Waals surface area contributed by atoms with Crippen LogP contribution in [0.15, 0.2) is 118 Å². The van der Waals surface area contributed by atoms with Gasteiger partial charge in [0.15, 0.2) is 5.96 Å². The zero-order valence-electron chi connectivity index (χ0n) is 55.1. The Morgan fingerprint density at radius 3 is 2.09 bits per heavy atom. The number of aliphatic hydroxyl groups is 1. The smallest absolute Gasteiger partial charge is 0.330 e. The second kappa shape index (κ2) is 35.3. The second-order valence-electron chi connectivity index (χ2n) is 24.9. The molecule has 2 saturated heterocycles. The summed E-state index contributed by atoms with van der Waals surface area (Å²) in [5, 5.41) is 34.3. The van der Waals surface area contributed by atoms with Gasteiger partial charge in [-0.2, -0.15) is 0 Å². The van der Waals surface area contributed by atoms with Crippen molar-refractivity contribution in [1.29, 1.82) is 0 Å². The van der Waals surface area contributed by atoms with Gasteiger partial charge in [0.05, 0.1) is 18.7 Å². The predicted molar refractivity (Wildman–Crippen MR) is 364 cm³/mol. The van der Waals surface area contributed by atoms with Gasteiger partial charge in [0, 0.05) is 69.0 Å². The van der Waals surface area contributed by atoms with Crippen molar-refractivity contribution in [3.63, 3.8) is 0 Å². The zero-order valence-corrected chi connectivity index (χ0v) is 55.1. The summed E-state index contributed by atoms with van der Waals surface area (Å²) in [6, 6.07) is 15.8. The number of fused-ring (bicyclic) bond motifs is 2. The quantitative estimate of drug-likeness (QED) is 0.0104. The molecule has 0 radical (unpaired) electrons. The second-order valence-corrected chi connectivity index (χ2v) is 24.9. The first-order chi connectivity index (χ1) is 47.4. The number of imide groups is 1. The van der Waals surface area contributed by atoms with E-state index in [4.69, 9.17) is 22.0 Å². The summed E-state index contributed by atoms with van der Waals surface area (Å²) in [5.41, 5.74) is 20.0. The van der Waals surface area contributed by atoms with E-state index < -0.39 is 139 Å². The molecule has 0 saturated carbocycles. The lowest BCUT2D eigenvalue weighted by Gasteiger charge is -2.30. The number of aliphatic imine (C=N–C) groups is 3. The number of para-hydroxylation sites is 1. The molecule has 4 aromatic carbocycles. The van der Waals surface area contributed by atoms with Crippen LogP contribution in [0.4, 0.5) is 0 Å². The van der Waals surface area contributed by atoms with Gasteiger partial charge in [0.25, 0.3) is 11.8 Å². The molecule has 16 N–H and O–H groups in total. The van der Waals surface area contributed by atoms with Crippen LogP contribution in [-0.4, -0.2) is 196 Å². The number of aromatic amines is 1. The van der Waals surface area contributed by atoms with Crippen LogP contribution in [0, 0.1) is 5.92 Å². The maximum atomic E-state index is 14.7. The van der Waals surface area contributed by atoms with Gasteiger partial charge >= 0.3 is 5.97 Å². The fraction of sp³-hybridized carbons (Fsp3) is 0.426. The first kappa shape index (κ1) is 73.9. The van der Waals surface area contributed by atoms with Crippen LogP contribution in [0.2, 0.25) is 0 Å². The molecule has 31 nitrogen and oxygen atoms in total. The lowest BCUT2D eigenvalue weighted by atomic mass is 9.99. The third-order valence-electron chi connectivity index (χ3n) is 16.9. The van der Waals surface area contributed by atoms with E-state index >= 15 is 0 Å². The van der Waals surface area contributed by atoms with Gasteiger partial charge in [0.2, 0.25) is 53.2 Å². The highest BCUT2D eigenvalue weighted by Crippen LogP contribution is 2.23. The third kappa shape index (κ3) is 21.0. The van der Waals surface area contributed by atoms with E-state index in [1.165, 1.54) is 17.5 Å². The molecule has 526 valence electrons. The van der Waals surface area contributed by atoms with E-state index in [1.54, 1.807) is 60.8 Å². The van der Waals surface area contributed by atoms with Crippen LogP contribution in [0.5, 0.6) is 0 Å². The summed E-state index contributed by atoms with van der Waals surface area (Å²) in [4.78, 5) is 189. The van der Waals surface area contributed by atoms with E-state index in [-0.39, 0.29) is 100 Å². The Balaban J connectivity index is 0.954. The predicted octanol–water partition coefficient (Wildman–Crippen LogP) is -1.23. The van der Waals surface area contributed by atoms with Crippen LogP contribution in [0.25, 0.3) is 21.7 Å². The normalized spacial score (nSPS) is 17.6. The number of aromatic nitrogens is 1. The summed E-state index contributed by atoms with van der Waals surface area (Å²) in [6.45, 7) is 2.58. The van der Waals surface area contributed by atoms with Crippen molar-refractivity contribution in [2.75, 3.05) is 26.2 Å². The minimum Gasteiger partial charge on any atom is -0.394 e. The number of H-pyrrole nitrogens is 1. The van der Waals surface area contributed by atoms with Gasteiger partial charge in [-0.15, -0.1) is 0 Å². The molecule has 11 amide bonds. The number of nitrogens with one attached hydrogen (secondary N) is 9. The van der Waals surface area contributed by atoms with Gasteiger partial charge in [-0.05, 0) is 84.4 Å². The highest BCUT2D eigenvalue weighted by molar-refractivity contribution is 6.03. The largest absolute Gasteiger partial charge is 0.394 e. The summed E-state index contributed by atoms with van der Waals surface area (Å²) < 4.78 is 0. The number of likely N-dealkylation sites (tertiary alicyclic amines) is 1. The van der Waals surface area contributed by atoms with E-state index in [9.17, 15) is 62.6 Å². The molecule has 8 rings (SSSR count). The van der Waals surface area contributed by atoms with Crippen LogP contribution >= 0.6 is 0 Å². The molecule has 1 unspecified atom stereocenters. The Hall–Kier alpha value is -11.0. The number of hydrogen-bond acceptors (Lipinski definition) is 18. The van der Waals surface area contributed by atoms with Crippen molar-refractivity contribution >= 4 is 111 Å². The Kier molecular flexibility index (Phi) is 26.4. The Labute approximate surface area is 570 Å². The number of carbonyl (C=O) groups is 12. The molecular weight excluding hydrogens is 1280 g/mol. The highest BCUT2D eigenvalue weighted by atomic mass is 16.7. The number of aliphatic hydroxyl groups excluding tert-OH is 1. The van der Waals surface area contributed by atoms with Crippen LogP contribution < -0.4 is 59.7 Å². The number of hydroxylamine groups is 2. The maximum Gasteiger partial charge on any atom is 0.330 e. The van der Waals surface area contributed by atoms with E-state index in [0.717, 1.165) is 23.3 Å². The highest BCUT2D eigenvalue weighted by Gasteiger charge is 2.41. The fourth-order valence-corrected chi connectivity index (χ4v) is 11.8. The summed E-state index contributed by atoms with van der Waals surface area (Å²) >= 11 is 0. The molecule has 3 aliphatic rings. The van der Waals surface area contributed by atoms with Crippen molar-refractivity contribution in [1.82, 2.24) is 57.5 Å². The van der Waals surface area contributed by atoms with Gasteiger partial charge in [-0.3, -0.25) is 62.7 Å². The van der Waals surface area contributed by atoms with E-state index in [0.29, 0.717) is 28.5 Å². The molecule has 0 aliphatic carbocycles. The lowest BCUT2D eigenvalue weighted by molar-refractivity contribution is -0.202. The molecule has 10 atom stereocenters. The van der Waals surface area contributed by atoms with Crippen molar-refractivity contribution in [2.24, 2.45) is 38.1 Å². The number of hydrogen-bond donors (Lipinski definition) is 13. The van der Waals surface area contributed by atoms with Gasteiger partial charge in [-0.1, -0.05) is 110 Å². The minimum absolute atomic E-state index is 0.0224. The Morgan fingerprint density at radius 2 is 1.39 bits per heavy atom. The number of nitrogens with two attached hydrogens (primary N) is 3. The van der Waals surface area contributed by atoms with Gasteiger partial charge < -0.3 is 79.6 Å². The molecule has 0 spiro atoms. The summed E-state index contributed by atoms with van der Waals surface area (Å²) in [5.74, 6) is -11.1. The topological polar surface area (TPSA) is 468 Å². The molecule has 1 aromatic heterocycles. The number of amides is 11. The maximum absolute atomic E-state index is 14.7. The molecule has 3 aliphatic heterocycles. The Bertz CT molecular complexity index is 3860. The standard InChI is InChI=1S/C68H85N17O14/c1-38(2)27-51(79-59(90)47(69)29-41-21-22-42-15-7-8-16-43(42)28-41)61(92)78-50(19-11-25-73-68(70)71)66(97)84-26-12-20-56(84)65(96)75-35-58(89)85(99-39(3)87)67(98)54(30-40-13-5-4-6-14-40)82-64(95)55(36-86)83-62(93)52(31-44-33-74-48-18-10-9-17-46(44)48)80-63(94)53(32-45-34-72-37-76-45)81-60(91)49-23-24-57(88)77-49/h4-10,13-18,21-22,28,33-34,37-38,45,47,49-56,74,86H,11-12,19-20,23-27,29-32,35-36,69H2,1-3H3,(H,75,96)(H,77,88)(H,78,92)(H,79,90)(H,80,94)(H,81,91)(H,82,95)(H,83,93)(H4,70,71,73)/t45?,47-,49+,50+,51+,52+,53+,54+,55+,56+/m1/s1. The van der Waals surface area contributed by atoms with Crippen molar-refractivity contribution in [3.05, 3.63) is 120 Å². The minimum atomic E-state index is -1.87. The van der Waals surface area contributed by atoms with E-state index in [2.05, 4.69) is 62.5 Å². The first-order valence-electron chi connectivity index (χ1n) is 32.7. The third-order valence-corrected chi connectivity index (χ3v) is 16.9. The molecule has 0 bridgehead atoms. The van der Waals surface area contributed by atoms with Crippen LogP contribution in [0.3, 0.4) is 0 Å². The summed E-state index contributed by atoms with van der Waals surface area (Å²) in [7, 11) is 0. The molecule has 99 heavy (non-hydrogen) atoms. The Morgan fingerprint density at radius 1 is 0.727 bits per heavy atom. The summed E-state index contributed by atoms with van der Waals surface area (Å²) in [6.07, 6.45) is 4.79. The molecule has 4 heterocycles. The van der Waals surface area contributed by atoms with Crippen molar-refractivity contribution < 1.29 is 67.5 Å². The van der Waals surface area contributed by atoms with Crippen molar-refractivity contribution in [2.45, 2.75) is 152 Å². The molecule has 5 aromatic rings. The SMILES string of the molecule is CC(=O)ON(C(=O)CNC(=O)[C@@H]1CCCN1C(=O)[C@H](CCCN=C(N)N)NC(=O)[C@H](CC(C)C)NC(=O)[C@H](N)Cc1ccc2ccccc2c1)C(=O)[C@H](Cc1ccccc1)NC(=O)[C@H](CO)NC(=O)[C@H](Cc1c[nH]c2ccccc12)NC(=O)[C@H](CC1C=NC=N1)NC(=O)[C@@H]1CCC(=O)N1. The lowest BCUT2D eigenvalue weighted by Crippen LogP contribution is -2.61. The molecule has 31 heteroatoms. The number of rotatable bonds is 32. The van der Waals surface area contributed by atoms with Gasteiger partial charge in [0.1, 0.15) is 61.2 Å². The first-order valence-corrected chi connectivity index (χ1v) is 32.7. The number of benzene rings is 4. The number of guanidine groups is 1. The average molecular weight is 1360 g/mol. The molecule has 2 fully saturated rings. The number of carbonyl (C=O) groups excluding carboxylic acids is 12. The molecular formula is C68H85N17O14. The number of nitrogens with zero attached hydrogens (tertiary/aromatic N) is 5. The van der Waals surface area contributed by atoms with Crippen LogP contribution in [0.1, 0.15) is 88.8 Å².